The monoisotopic (exact) mass is 359 g/mol. The summed E-state index contributed by atoms with van der Waals surface area (Å²) in [6.07, 6.45) is 1.20. The Morgan fingerprint density at radius 3 is 2.35 bits per heavy atom. The van der Waals surface area contributed by atoms with E-state index < -0.39 is 0 Å². The van der Waals surface area contributed by atoms with Gasteiger partial charge >= 0.3 is 0 Å². The Morgan fingerprint density at radius 2 is 1.88 bits per heavy atom. The molecule has 1 unspecified atom stereocenters. The lowest BCUT2D eigenvalue weighted by Gasteiger charge is -2.07. The van der Waals surface area contributed by atoms with Crippen molar-refractivity contribution < 1.29 is 4.79 Å². The number of halogens is 2. The number of amides is 1. The van der Waals surface area contributed by atoms with Gasteiger partial charge in [-0.1, -0.05) is 45.7 Å². The van der Waals surface area contributed by atoms with Gasteiger partial charge in [0.15, 0.2) is 0 Å². The molecule has 0 aliphatic heterocycles. The van der Waals surface area contributed by atoms with Gasteiger partial charge in [-0.15, -0.1) is 0 Å². The first-order valence-corrected chi connectivity index (χ1v) is 7.21. The Kier molecular flexibility index (Phi) is 3.64. The molecular weight excluding hydrogens is 346 g/mol. The zero-order chi connectivity index (χ0) is 12.6. The summed E-state index contributed by atoms with van der Waals surface area (Å²) in [5.74, 6) is 0.622. The molecule has 0 heterocycles. The minimum atomic E-state index is -0.00491. The van der Waals surface area contributed by atoms with E-state index in [1.54, 1.807) is 0 Å². The topological polar surface area (TPSA) is 29.1 Å². The number of benzene rings is 1. The highest BCUT2D eigenvalue weighted by molar-refractivity contribution is 9.11. The number of rotatable bonds is 3. The van der Waals surface area contributed by atoms with Crippen LogP contribution in [0.4, 0.5) is 0 Å². The Labute approximate surface area is 118 Å². The van der Waals surface area contributed by atoms with Gasteiger partial charge < -0.3 is 5.32 Å². The van der Waals surface area contributed by atoms with E-state index in [0.29, 0.717) is 16.9 Å². The molecule has 1 aromatic carbocycles. The van der Waals surface area contributed by atoms with Gasteiger partial charge in [0.1, 0.15) is 0 Å². The molecule has 1 aliphatic rings. The molecule has 0 radical (unpaired) electrons. The van der Waals surface area contributed by atoms with Crippen LogP contribution in [-0.2, 0) is 0 Å². The average Bonchev–Trinajstić information content (AvgIpc) is 2.81. The Hall–Kier alpha value is -0.350. The normalized spacial score (nSPS) is 21.1. The third-order valence-corrected chi connectivity index (χ3v) is 4.27. The quantitative estimate of drug-likeness (QED) is 0.867. The third kappa shape index (κ3) is 3.32. The fraction of sp³-hybridized carbons (Fsp3) is 0.462. The smallest absolute Gasteiger partial charge is 0.251 e. The van der Waals surface area contributed by atoms with Crippen molar-refractivity contribution in [3.05, 3.63) is 32.7 Å². The molecule has 1 saturated carbocycles. The van der Waals surface area contributed by atoms with Crippen LogP contribution >= 0.6 is 31.9 Å². The lowest BCUT2D eigenvalue weighted by atomic mass is 10.1. The standard InChI is InChI=1S/C13H15Br2NO/c1-13(2)6-9(13)7-16-12(17)8-3-10(14)5-11(15)4-8/h3-5,9H,6-7H2,1-2H3,(H,16,17). The second-order valence-corrected chi connectivity index (χ2v) is 7.09. The largest absolute Gasteiger partial charge is 0.352 e. The molecule has 1 N–H and O–H groups in total. The molecule has 1 aromatic rings. The number of hydrogen-bond donors (Lipinski definition) is 1. The summed E-state index contributed by atoms with van der Waals surface area (Å²) >= 11 is 6.76. The van der Waals surface area contributed by atoms with E-state index in [1.165, 1.54) is 6.42 Å². The van der Waals surface area contributed by atoms with Crippen molar-refractivity contribution in [3.8, 4) is 0 Å². The fourth-order valence-electron chi connectivity index (χ4n) is 1.93. The molecule has 2 nitrogen and oxygen atoms in total. The van der Waals surface area contributed by atoms with Gasteiger partial charge in [0.25, 0.3) is 5.91 Å². The van der Waals surface area contributed by atoms with Crippen molar-refractivity contribution in [2.24, 2.45) is 11.3 Å². The zero-order valence-corrected chi connectivity index (χ0v) is 13.1. The number of carbonyl (C=O) groups excluding carboxylic acids is 1. The minimum absolute atomic E-state index is 0.00491. The Bertz CT molecular complexity index is 436. The summed E-state index contributed by atoms with van der Waals surface area (Å²) in [6.45, 7) is 5.25. The third-order valence-electron chi connectivity index (χ3n) is 3.35. The van der Waals surface area contributed by atoms with Gasteiger partial charge in [-0.05, 0) is 36.0 Å². The molecule has 17 heavy (non-hydrogen) atoms. The van der Waals surface area contributed by atoms with E-state index in [9.17, 15) is 4.79 Å². The zero-order valence-electron chi connectivity index (χ0n) is 9.89. The Morgan fingerprint density at radius 1 is 1.35 bits per heavy atom. The molecule has 0 aromatic heterocycles. The highest BCUT2D eigenvalue weighted by atomic mass is 79.9. The minimum Gasteiger partial charge on any atom is -0.352 e. The predicted molar refractivity (Wildman–Crippen MR) is 76.1 cm³/mol. The van der Waals surface area contributed by atoms with Gasteiger partial charge in [0.05, 0.1) is 0 Å². The predicted octanol–water partition coefficient (Wildman–Crippen LogP) is 3.99. The summed E-state index contributed by atoms with van der Waals surface area (Å²) < 4.78 is 1.81. The molecular formula is C13H15Br2NO. The van der Waals surface area contributed by atoms with E-state index in [-0.39, 0.29) is 5.91 Å². The molecule has 1 atom stereocenters. The lowest BCUT2D eigenvalue weighted by molar-refractivity contribution is 0.0950. The van der Waals surface area contributed by atoms with E-state index in [0.717, 1.165) is 15.5 Å². The molecule has 1 aliphatic carbocycles. The van der Waals surface area contributed by atoms with Gasteiger partial charge in [-0.25, -0.2) is 0 Å². The van der Waals surface area contributed by atoms with Crippen molar-refractivity contribution in [3.63, 3.8) is 0 Å². The van der Waals surface area contributed by atoms with E-state index in [4.69, 9.17) is 0 Å². The van der Waals surface area contributed by atoms with Gasteiger partial charge in [-0.3, -0.25) is 4.79 Å². The SMILES string of the molecule is CC1(C)CC1CNC(=O)c1cc(Br)cc(Br)c1. The number of carbonyl (C=O) groups is 1. The van der Waals surface area contributed by atoms with Gasteiger partial charge in [-0.2, -0.15) is 0 Å². The van der Waals surface area contributed by atoms with Crippen molar-refractivity contribution in [2.45, 2.75) is 20.3 Å². The van der Waals surface area contributed by atoms with E-state index in [1.807, 2.05) is 18.2 Å². The van der Waals surface area contributed by atoms with Gasteiger partial charge in [0.2, 0.25) is 0 Å². The first-order chi connectivity index (χ1) is 7.88. The van der Waals surface area contributed by atoms with Crippen molar-refractivity contribution in [2.75, 3.05) is 6.54 Å². The number of nitrogens with one attached hydrogen (secondary N) is 1. The summed E-state index contributed by atoms with van der Waals surface area (Å²) in [7, 11) is 0. The molecule has 92 valence electrons. The molecule has 0 saturated heterocycles. The van der Waals surface area contributed by atoms with Crippen molar-refractivity contribution in [1.29, 1.82) is 0 Å². The molecule has 2 rings (SSSR count). The van der Waals surface area contributed by atoms with Crippen LogP contribution in [0.2, 0.25) is 0 Å². The molecule has 4 heteroatoms. The van der Waals surface area contributed by atoms with Crippen LogP contribution in [0.3, 0.4) is 0 Å². The average molecular weight is 361 g/mol. The van der Waals surface area contributed by atoms with Gasteiger partial charge in [0, 0.05) is 21.1 Å². The molecule has 1 fully saturated rings. The second kappa shape index (κ2) is 4.73. The molecule has 0 bridgehead atoms. The van der Waals surface area contributed by atoms with Crippen LogP contribution in [0.5, 0.6) is 0 Å². The maximum atomic E-state index is 11.9. The molecule has 0 spiro atoms. The van der Waals surface area contributed by atoms with Crippen LogP contribution in [0, 0.1) is 11.3 Å². The van der Waals surface area contributed by atoms with Crippen LogP contribution in [0.1, 0.15) is 30.6 Å². The highest BCUT2D eigenvalue weighted by Gasteiger charge is 2.45. The lowest BCUT2D eigenvalue weighted by Crippen LogP contribution is -2.26. The van der Waals surface area contributed by atoms with Crippen LogP contribution in [0.25, 0.3) is 0 Å². The molecule has 1 amide bonds. The number of hydrogen-bond acceptors (Lipinski definition) is 1. The first-order valence-electron chi connectivity index (χ1n) is 5.63. The fourth-order valence-corrected chi connectivity index (χ4v) is 3.22. The Balaban J connectivity index is 1.95. The summed E-state index contributed by atoms with van der Waals surface area (Å²) in [6, 6.07) is 5.58. The summed E-state index contributed by atoms with van der Waals surface area (Å²) in [4.78, 5) is 11.9. The maximum absolute atomic E-state index is 11.9. The highest BCUT2D eigenvalue weighted by Crippen LogP contribution is 2.50. The van der Waals surface area contributed by atoms with Crippen LogP contribution in [0.15, 0.2) is 27.1 Å². The van der Waals surface area contributed by atoms with Crippen molar-refractivity contribution in [1.82, 2.24) is 5.32 Å². The van der Waals surface area contributed by atoms with Crippen LogP contribution in [-0.4, -0.2) is 12.5 Å². The second-order valence-electron chi connectivity index (χ2n) is 5.26. The maximum Gasteiger partial charge on any atom is 0.251 e. The van der Waals surface area contributed by atoms with E-state index >= 15 is 0 Å². The summed E-state index contributed by atoms with van der Waals surface area (Å²) in [5.41, 5.74) is 1.09. The summed E-state index contributed by atoms with van der Waals surface area (Å²) in [5, 5.41) is 2.99. The van der Waals surface area contributed by atoms with Crippen molar-refractivity contribution >= 4 is 37.8 Å². The van der Waals surface area contributed by atoms with Crippen LogP contribution < -0.4 is 5.32 Å². The first kappa shape index (κ1) is 13.1. The van der Waals surface area contributed by atoms with E-state index in [2.05, 4.69) is 51.0 Å².